The van der Waals surface area contributed by atoms with E-state index in [1.807, 2.05) is 46.8 Å². The number of nitrogens with zero attached hydrogens (tertiary/aromatic N) is 5. The normalized spacial score (nSPS) is 22.0. The van der Waals surface area contributed by atoms with Crippen molar-refractivity contribution in [3.8, 4) is 5.69 Å². The first kappa shape index (κ1) is 14.5. The van der Waals surface area contributed by atoms with Crippen molar-refractivity contribution < 1.29 is 0 Å². The zero-order valence-electron chi connectivity index (χ0n) is 12.5. The van der Waals surface area contributed by atoms with Gasteiger partial charge in [-0.15, -0.1) is 5.10 Å². The Morgan fingerprint density at radius 2 is 2.10 bits per heavy atom. The van der Waals surface area contributed by atoms with Gasteiger partial charge in [0.15, 0.2) is 5.82 Å². The quantitative estimate of drug-likeness (QED) is 0.848. The van der Waals surface area contributed by atoms with E-state index in [0.29, 0.717) is 6.04 Å². The Balaban J connectivity index is 1.75. The fourth-order valence-electron chi connectivity index (χ4n) is 3.10. The number of hydrogen-bond donors (Lipinski definition) is 0. The minimum atomic E-state index is 0.626. The minimum Gasteiger partial charge on any atom is -0.295 e. The summed E-state index contributed by atoms with van der Waals surface area (Å²) in [7, 11) is 2.18. The Morgan fingerprint density at radius 1 is 1.29 bits per heavy atom. The molecule has 2 unspecified atom stereocenters. The van der Waals surface area contributed by atoms with Crippen LogP contribution in [0.2, 0.25) is 0 Å². The van der Waals surface area contributed by atoms with Crippen LogP contribution in [-0.4, -0.2) is 49.7 Å². The topological polar surface area (TPSA) is 46.8 Å². The molecule has 21 heavy (non-hydrogen) atoms. The summed E-state index contributed by atoms with van der Waals surface area (Å²) >= 11 is 1.98. The van der Waals surface area contributed by atoms with Gasteiger partial charge in [-0.05, 0) is 48.7 Å². The van der Waals surface area contributed by atoms with Crippen molar-refractivity contribution in [3.63, 3.8) is 0 Å². The summed E-state index contributed by atoms with van der Waals surface area (Å²) in [6, 6.07) is 10.7. The van der Waals surface area contributed by atoms with Gasteiger partial charge in [0.25, 0.3) is 0 Å². The summed E-state index contributed by atoms with van der Waals surface area (Å²) in [6.07, 6.45) is 6.13. The molecule has 0 bridgehead atoms. The number of benzene rings is 1. The lowest BCUT2D eigenvalue weighted by Gasteiger charge is -2.28. The molecule has 2 atom stereocenters. The molecule has 0 amide bonds. The SMILES string of the molecule is CSC1CCCC1N(C)Cc1nnnn1-c1ccccc1. The first-order valence-electron chi connectivity index (χ1n) is 7.35. The molecule has 112 valence electrons. The van der Waals surface area contributed by atoms with Gasteiger partial charge < -0.3 is 0 Å². The lowest BCUT2D eigenvalue weighted by molar-refractivity contribution is 0.234. The van der Waals surface area contributed by atoms with E-state index in [-0.39, 0.29) is 0 Å². The van der Waals surface area contributed by atoms with Crippen LogP contribution in [0.4, 0.5) is 0 Å². The number of tetrazole rings is 1. The first-order valence-corrected chi connectivity index (χ1v) is 8.64. The van der Waals surface area contributed by atoms with Crippen molar-refractivity contribution in [1.29, 1.82) is 0 Å². The third-order valence-corrected chi connectivity index (χ3v) is 5.37. The molecular formula is C15H21N5S. The molecule has 3 rings (SSSR count). The molecule has 1 aromatic carbocycles. The fraction of sp³-hybridized carbons (Fsp3) is 0.533. The van der Waals surface area contributed by atoms with Crippen LogP contribution in [0.1, 0.15) is 25.1 Å². The zero-order valence-corrected chi connectivity index (χ0v) is 13.3. The largest absolute Gasteiger partial charge is 0.295 e. The summed E-state index contributed by atoms with van der Waals surface area (Å²) in [6.45, 7) is 0.781. The summed E-state index contributed by atoms with van der Waals surface area (Å²) in [5.74, 6) is 0.899. The van der Waals surface area contributed by atoms with Crippen LogP contribution >= 0.6 is 11.8 Å². The Hall–Kier alpha value is -1.40. The minimum absolute atomic E-state index is 0.626. The Labute approximate surface area is 129 Å². The van der Waals surface area contributed by atoms with E-state index < -0.39 is 0 Å². The molecule has 0 radical (unpaired) electrons. The van der Waals surface area contributed by atoms with Crippen molar-refractivity contribution in [2.24, 2.45) is 0 Å². The highest BCUT2D eigenvalue weighted by atomic mass is 32.2. The molecule has 0 saturated heterocycles. The highest BCUT2D eigenvalue weighted by Crippen LogP contribution is 2.32. The number of hydrogen-bond acceptors (Lipinski definition) is 5. The van der Waals surface area contributed by atoms with Crippen molar-refractivity contribution in [1.82, 2.24) is 25.1 Å². The Kier molecular flexibility index (Phi) is 4.55. The molecule has 5 nitrogen and oxygen atoms in total. The van der Waals surface area contributed by atoms with Crippen LogP contribution in [0.3, 0.4) is 0 Å². The predicted molar refractivity (Wildman–Crippen MR) is 85.6 cm³/mol. The monoisotopic (exact) mass is 303 g/mol. The van der Waals surface area contributed by atoms with Gasteiger partial charge in [-0.3, -0.25) is 4.90 Å². The predicted octanol–water partition coefficient (Wildman–Crippen LogP) is 2.38. The van der Waals surface area contributed by atoms with E-state index in [1.165, 1.54) is 19.3 Å². The van der Waals surface area contributed by atoms with Gasteiger partial charge >= 0.3 is 0 Å². The molecule has 1 heterocycles. The molecule has 1 aromatic heterocycles. The van der Waals surface area contributed by atoms with Crippen molar-refractivity contribution >= 4 is 11.8 Å². The van der Waals surface area contributed by atoms with Crippen LogP contribution in [0.25, 0.3) is 5.69 Å². The van der Waals surface area contributed by atoms with E-state index in [9.17, 15) is 0 Å². The molecular weight excluding hydrogens is 282 g/mol. The molecule has 2 aromatic rings. The molecule has 6 heteroatoms. The lowest BCUT2D eigenvalue weighted by atomic mass is 10.2. The van der Waals surface area contributed by atoms with E-state index >= 15 is 0 Å². The molecule has 1 fully saturated rings. The van der Waals surface area contributed by atoms with E-state index in [1.54, 1.807) is 0 Å². The Morgan fingerprint density at radius 3 is 2.86 bits per heavy atom. The van der Waals surface area contributed by atoms with Crippen LogP contribution < -0.4 is 0 Å². The third-order valence-electron chi connectivity index (χ3n) is 4.21. The second kappa shape index (κ2) is 6.58. The van der Waals surface area contributed by atoms with Crippen molar-refractivity contribution in [3.05, 3.63) is 36.2 Å². The van der Waals surface area contributed by atoms with Gasteiger partial charge in [-0.2, -0.15) is 16.4 Å². The molecule has 1 aliphatic rings. The van der Waals surface area contributed by atoms with Gasteiger partial charge in [-0.25, -0.2) is 0 Å². The number of thioether (sulfide) groups is 1. The average Bonchev–Trinajstić information content (AvgIpc) is 3.16. The van der Waals surface area contributed by atoms with Gasteiger partial charge in [0.2, 0.25) is 0 Å². The average molecular weight is 303 g/mol. The van der Waals surface area contributed by atoms with Gasteiger partial charge in [0, 0.05) is 11.3 Å². The van der Waals surface area contributed by atoms with Crippen molar-refractivity contribution in [2.45, 2.75) is 37.1 Å². The maximum absolute atomic E-state index is 4.21. The maximum atomic E-state index is 4.21. The Bertz CT molecular complexity index is 570. The first-order chi connectivity index (χ1) is 10.3. The smallest absolute Gasteiger partial charge is 0.170 e. The number of rotatable bonds is 5. The van der Waals surface area contributed by atoms with Crippen LogP contribution in [-0.2, 0) is 6.54 Å². The second-order valence-electron chi connectivity index (χ2n) is 5.53. The number of para-hydroxylation sites is 1. The van der Waals surface area contributed by atoms with Crippen molar-refractivity contribution in [2.75, 3.05) is 13.3 Å². The zero-order chi connectivity index (χ0) is 14.7. The van der Waals surface area contributed by atoms with Gasteiger partial charge in [-0.1, -0.05) is 24.6 Å². The summed E-state index contributed by atoms with van der Waals surface area (Å²) in [5.41, 5.74) is 1.01. The van der Waals surface area contributed by atoms with E-state index in [2.05, 4.69) is 33.7 Å². The molecule has 1 saturated carbocycles. The fourth-order valence-corrected chi connectivity index (χ4v) is 4.16. The maximum Gasteiger partial charge on any atom is 0.170 e. The molecule has 0 spiro atoms. The summed E-state index contributed by atoms with van der Waals surface area (Å²) in [5, 5.41) is 12.9. The lowest BCUT2D eigenvalue weighted by Crippen LogP contribution is -2.36. The summed E-state index contributed by atoms with van der Waals surface area (Å²) in [4.78, 5) is 2.40. The van der Waals surface area contributed by atoms with Gasteiger partial charge in [0.05, 0.1) is 12.2 Å². The van der Waals surface area contributed by atoms with E-state index in [0.717, 1.165) is 23.3 Å². The molecule has 0 aliphatic heterocycles. The molecule has 0 N–H and O–H groups in total. The number of aromatic nitrogens is 4. The van der Waals surface area contributed by atoms with Crippen LogP contribution in [0.15, 0.2) is 30.3 Å². The van der Waals surface area contributed by atoms with Gasteiger partial charge in [0.1, 0.15) is 0 Å². The third kappa shape index (κ3) is 3.11. The van der Waals surface area contributed by atoms with E-state index in [4.69, 9.17) is 0 Å². The summed E-state index contributed by atoms with van der Waals surface area (Å²) < 4.78 is 1.83. The molecule has 1 aliphatic carbocycles. The highest BCUT2D eigenvalue weighted by Gasteiger charge is 2.30. The highest BCUT2D eigenvalue weighted by molar-refractivity contribution is 7.99. The van der Waals surface area contributed by atoms with Crippen LogP contribution in [0, 0.1) is 0 Å². The second-order valence-corrected chi connectivity index (χ2v) is 6.61. The standard InChI is InChI=1S/C15H21N5S/c1-19(13-9-6-10-14(13)21-2)11-15-16-17-18-20(15)12-7-4-3-5-8-12/h3-5,7-8,13-14H,6,9-11H2,1-2H3. The van der Waals surface area contributed by atoms with Crippen LogP contribution in [0.5, 0.6) is 0 Å².